The van der Waals surface area contributed by atoms with E-state index in [9.17, 15) is 0 Å². The molecule has 0 amide bonds. The maximum Gasteiger partial charge on any atom is 2.00 e. The molecule has 1 fully saturated rings. The predicted molar refractivity (Wildman–Crippen MR) is 33.4 cm³/mol. The Morgan fingerprint density at radius 2 is 1.33 bits per heavy atom. The van der Waals surface area contributed by atoms with Gasteiger partial charge in [-0.15, -0.1) is 0 Å². The minimum atomic E-state index is 0. The average molecular weight is 268 g/mol. The second kappa shape index (κ2) is 9.73. The van der Waals surface area contributed by atoms with Crippen LogP contribution in [0.4, 0.5) is 0 Å². The van der Waals surface area contributed by atoms with Gasteiger partial charge >= 0.3 is 23.1 Å². The number of rotatable bonds is 0. The van der Waals surface area contributed by atoms with E-state index in [4.69, 9.17) is 0 Å². The largest absolute Gasteiger partial charge is 2.00 e. The summed E-state index contributed by atoms with van der Waals surface area (Å²) >= 11 is 0. The van der Waals surface area contributed by atoms with Crippen LogP contribution < -0.4 is 34.0 Å². The fourth-order valence-corrected chi connectivity index (χ4v) is 1.13. The van der Waals surface area contributed by atoms with E-state index in [1.165, 1.54) is 25.7 Å². The standard InChI is InChI=1S/C6H12.2BrH.Mg/c1-6-4-2-3-5-6;;;/h6H,2-5H2,1H3;2*1H;/q;;;+2/p-2. The van der Waals surface area contributed by atoms with Crippen LogP contribution in [0.25, 0.3) is 0 Å². The van der Waals surface area contributed by atoms with Gasteiger partial charge in [0.2, 0.25) is 0 Å². The second-order valence-electron chi connectivity index (χ2n) is 2.39. The summed E-state index contributed by atoms with van der Waals surface area (Å²) in [5.74, 6) is 1.05. The van der Waals surface area contributed by atoms with Crippen molar-refractivity contribution in [2.45, 2.75) is 32.6 Å². The molecule has 0 aromatic rings. The summed E-state index contributed by atoms with van der Waals surface area (Å²) in [4.78, 5) is 0. The first-order valence-electron chi connectivity index (χ1n) is 2.89. The number of hydrogen-bond donors (Lipinski definition) is 0. The van der Waals surface area contributed by atoms with Crippen LogP contribution in [-0.4, -0.2) is 23.1 Å². The molecule has 0 bridgehead atoms. The summed E-state index contributed by atoms with van der Waals surface area (Å²) in [7, 11) is 0. The molecule has 1 rings (SSSR count). The Kier molecular flexibility index (Phi) is 18.4. The molecule has 0 spiro atoms. The quantitative estimate of drug-likeness (QED) is 0.391. The van der Waals surface area contributed by atoms with E-state index in [0.717, 1.165) is 5.92 Å². The Morgan fingerprint density at radius 1 is 1.00 bits per heavy atom. The first-order chi connectivity index (χ1) is 2.89. The number of halogens is 2. The molecule has 9 heavy (non-hydrogen) atoms. The van der Waals surface area contributed by atoms with Crippen LogP contribution >= 0.6 is 0 Å². The van der Waals surface area contributed by atoms with Gasteiger partial charge in [-0.1, -0.05) is 32.6 Å². The van der Waals surface area contributed by atoms with Crippen LogP contribution in [0.5, 0.6) is 0 Å². The summed E-state index contributed by atoms with van der Waals surface area (Å²) in [5.41, 5.74) is 0. The van der Waals surface area contributed by atoms with E-state index in [1.54, 1.807) is 0 Å². The van der Waals surface area contributed by atoms with E-state index < -0.39 is 0 Å². The van der Waals surface area contributed by atoms with Crippen molar-refractivity contribution < 1.29 is 34.0 Å². The van der Waals surface area contributed by atoms with Gasteiger partial charge in [-0.05, 0) is 5.92 Å². The zero-order chi connectivity index (χ0) is 4.41. The van der Waals surface area contributed by atoms with Crippen LogP contribution in [0.3, 0.4) is 0 Å². The van der Waals surface area contributed by atoms with E-state index in [-0.39, 0.29) is 57.0 Å². The SMILES string of the molecule is CC1CCCC1.[Br-].[Br-].[Mg+2]. The van der Waals surface area contributed by atoms with Gasteiger partial charge in [0.05, 0.1) is 0 Å². The Morgan fingerprint density at radius 3 is 1.44 bits per heavy atom. The Hall–Kier alpha value is 1.73. The fourth-order valence-electron chi connectivity index (χ4n) is 1.13. The molecule has 0 atom stereocenters. The summed E-state index contributed by atoms with van der Waals surface area (Å²) < 4.78 is 0. The summed E-state index contributed by atoms with van der Waals surface area (Å²) in [5, 5.41) is 0. The van der Waals surface area contributed by atoms with E-state index in [2.05, 4.69) is 6.92 Å². The Balaban J connectivity index is -0.000000120. The molecule has 0 heterocycles. The molecular formula is C6H12Br2Mg. The predicted octanol–water partition coefficient (Wildman–Crippen LogP) is -4.18. The summed E-state index contributed by atoms with van der Waals surface area (Å²) in [6.07, 6.45) is 5.95. The molecule has 0 unspecified atom stereocenters. The maximum atomic E-state index is 2.34. The molecule has 0 radical (unpaired) electrons. The van der Waals surface area contributed by atoms with Crippen molar-refractivity contribution in [3.05, 3.63) is 0 Å². The van der Waals surface area contributed by atoms with E-state index in [0.29, 0.717) is 0 Å². The van der Waals surface area contributed by atoms with Crippen molar-refractivity contribution >= 4 is 23.1 Å². The first kappa shape index (κ1) is 17.0. The Labute approximate surface area is 94.9 Å². The van der Waals surface area contributed by atoms with Gasteiger partial charge in [0.25, 0.3) is 0 Å². The minimum absolute atomic E-state index is 0. The van der Waals surface area contributed by atoms with Crippen molar-refractivity contribution in [1.82, 2.24) is 0 Å². The molecule has 1 saturated carbocycles. The minimum Gasteiger partial charge on any atom is -1.00 e. The molecule has 1 aliphatic carbocycles. The summed E-state index contributed by atoms with van der Waals surface area (Å²) in [6, 6.07) is 0. The van der Waals surface area contributed by atoms with E-state index in [1.807, 2.05) is 0 Å². The van der Waals surface area contributed by atoms with Crippen LogP contribution in [0.2, 0.25) is 0 Å². The average Bonchev–Trinajstić information content (AvgIpc) is 1.86. The molecule has 0 aromatic heterocycles. The van der Waals surface area contributed by atoms with E-state index >= 15 is 0 Å². The van der Waals surface area contributed by atoms with Crippen LogP contribution in [0.15, 0.2) is 0 Å². The number of hydrogen-bond acceptors (Lipinski definition) is 0. The molecule has 1 aliphatic rings. The van der Waals surface area contributed by atoms with Gasteiger partial charge in [-0.25, -0.2) is 0 Å². The van der Waals surface area contributed by atoms with Crippen molar-refractivity contribution in [2.24, 2.45) is 5.92 Å². The van der Waals surface area contributed by atoms with Crippen LogP contribution in [-0.2, 0) is 0 Å². The molecule has 52 valence electrons. The fraction of sp³-hybridized carbons (Fsp3) is 1.00. The smallest absolute Gasteiger partial charge is 1.00 e. The molecular weight excluding hydrogens is 256 g/mol. The van der Waals surface area contributed by atoms with Gasteiger partial charge in [-0.3, -0.25) is 0 Å². The second-order valence-corrected chi connectivity index (χ2v) is 2.39. The monoisotopic (exact) mass is 266 g/mol. The van der Waals surface area contributed by atoms with Gasteiger partial charge in [0, 0.05) is 0 Å². The molecule has 0 nitrogen and oxygen atoms in total. The molecule has 3 heteroatoms. The molecule has 0 saturated heterocycles. The van der Waals surface area contributed by atoms with Crippen molar-refractivity contribution in [1.29, 1.82) is 0 Å². The molecule has 0 aromatic carbocycles. The van der Waals surface area contributed by atoms with Gasteiger partial charge in [-0.2, -0.15) is 0 Å². The topological polar surface area (TPSA) is 0 Å². The zero-order valence-electron chi connectivity index (χ0n) is 5.87. The van der Waals surface area contributed by atoms with Crippen molar-refractivity contribution in [3.8, 4) is 0 Å². The third-order valence-electron chi connectivity index (χ3n) is 1.64. The molecule has 0 N–H and O–H groups in total. The van der Waals surface area contributed by atoms with Crippen molar-refractivity contribution in [2.75, 3.05) is 0 Å². The normalized spacial score (nSPS) is 17.0. The van der Waals surface area contributed by atoms with Gasteiger partial charge in [0.15, 0.2) is 0 Å². The Bertz CT molecular complexity index is 44.3. The van der Waals surface area contributed by atoms with Gasteiger partial charge < -0.3 is 34.0 Å². The third-order valence-corrected chi connectivity index (χ3v) is 1.64. The van der Waals surface area contributed by atoms with Crippen LogP contribution in [0, 0.1) is 5.92 Å². The summed E-state index contributed by atoms with van der Waals surface area (Å²) in [6.45, 7) is 2.34. The molecule has 0 aliphatic heterocycles. The third kappa shape index (κ3) is 7.62. The zero-order valence-corrected chi connectivity index (χ0v) is 10.5. The van der Waals surface area contributed by atoms with Gasteiger partial charge in [0.1, 0.15) is 0 Å². The first-order valence-corrected chi connectivity index (χ1v) is 2.89. The van der Waals surface area contributed by atoms with Crippen molar-refractivity contribution in [3.63, 3.8) is 0 Å². The maximum absolute atomic E-state index is 2.34. The van der Waals surface area contributed by atoms with Crippen LogP contribution in [0.1, 0.15) is 32.6 Å².